The zero-order valence-corrected chi connectivity index (χ0v) is 15.9. The average molecular weight is 378 g/mol. The van der Waals surface area contributed by atoms with Crippen LogP contribution in [0.3, 0.4) is 0 Å². The Balaban J connectivity index is 2.16. The van der Waals surface area contributed by atoms with E-state index in [4.69, 9.17) is 15.9 Å². The van der Waals surface area contributed by atoms with E-state index in [0.717, 1.165) is 4.57 Å². The molecule has 2 aromatic heterocycles. The summed E-state index contributed by atoms with van der Waals surface area (Å²) in [5.74, 6) is 9.73. The Kier molecular flexibility index (Phi) is 4.97. The van der Waals surface area contributed by atoms with Gasteiger partial charge in [-0.25, -0.2) is 14.3 Å². The summed E-state index contributed by atoms with van der Waals surface area (Å²) in [7, 11) is 6.30. The molecule has 0 aliphatic heterocycles. The summed E-state index contributed by atoms with van der Waals surface area (Å²) in [6, 6.07) is 5.27. The molecule has 0 aliphatic rings. The largest absolute Gasteiger partial charge is 0.493 e. The molecule has 3 rings (SSSR count). The number of fused-ring (bicyclic) bond motifs is 1. The van der Waals surface area contributed by atoms with Crippen molar-refractivity contribution in [1.82, 2.24) is 18.7 Å². The number of hydrogen-bond donors (Lipinski definition) is 0. The highest BCUT2D eigenvalue weighted by Gasteiger charge is 2.17. The van der Waals surface area contributed by atoms with Crippen LogP contribution in [-0.4, -0.2) is 32.9 Å². The molecule has 1 aromatic carbocycles. The van der Waals surface area contributed by atoms with Gasteiger partial charge in [0.25, 0.3) is 5.56 Å². The smallest absolute Gasteiger partial charge is 0.333 e. The minimum absolute atomic E-state index is 0.112. The monoisotopic (exact) mass is 378 g/mol. The highest BCUT2D eigenvalue weighted by Crippen LogP contribution is 2.27. The lowest BCUT2D eigenvalue weighted by molar-refractivity contribution is 0.355. The van der Waals surface area contributed by atoms with Crippen molar-refractivity contribution >= 4 is 11.2 Å². The van der Waals surface area contributed by atoms with Crippen LogP contribution in [0.5, 0.6) is 11.5 Å². The van der Waals surface area contributed by atoms with E-state index in [1.807, 2.05) is 0 Å². The predicted octanol–water partition coefficient (Wildman–Crippen LogP) is 0.484. The number of nitrogens with zero attached hydrogens (tertiary/aromatic N) is 4. The highest BCUT2D eigenvalue weighted by atomic mass is 16.5. The highest BCUT2D eigenvalue weighted by molar-refractivity contribution is 5.72. The summed E-state index contributed by atoms with van der Waals surface area (Å²) < 4.78 is 14.3. The van der Waals surface area contributed by atoms with E-state index in [-0.39, 0.29) is 17.7 Å². The number of terminal acetylenes is 1. The molecule has 0 saturated carbocycles. The number of hydrogen-bond acceptors (Lipinski definition) is 5. The molecule has 0 spiro atoms. The molecule has 0 amide bonds. The van der Waals surface area contributed by atoms with E-state index < -0.39 is 11.2 Å². The average Bonchev–Trinajstić information content (AvgIpc) is 3.04. The van der Waals surface area contributed by atoms with Gasteiger partial charge in [0.05, 0.1) is 20.8 Å². The molecule has 0 radical (unpaired) electrons. The lowest BCUT2D eigenvalue weighted by Gasteiger charge is -2.06. The molecule has 0 bridgehead atoms. The molecule has 0 N–H and O–H groups in total. The van der Waals surface area contributed by atoms with Crippen LogP contribution in [0, 0.1) is 24.2 Å². The third-order valence-electron chi connectivity index (χ3n) is 4.31. The van der Waals surface area contributed by atoms with Crippen LogP contribution in [0.25, 0.3) is 11.2 Å². The first-order valence-corrected chi connectivity index (χ1v) is 8.26. The van der Waals surface area contributed by atoms with E-state index in [1.54, 1.807) is 44.0 Å². The molecule has 8 nitrogen and oxygen atoms in total. The second-order valence-corrected chi connectivity index (χ2v) is 5.92. The number of imidazole rings is 1. The molecule has 142 valence electrons. The van der Waals surface area contributed by atoms with Crippen LogP contribution in [0.4, 0.5) is 0 Å². The van der Waals surface area contributed by atoms with Crippen LogP contribution >= 0.6 is 0 Å². The van der Waals surface area contributed by atoms with E-state index in [1.165, 1.54) is 11.6 Å². The van der Waals surface area contributed by atoms with Crippen LogP contribution in [0.1, 0.15) is 11.4 Å². The van der Waals surface area contributed by atoms with Crippen LogP contribution in [0.15, 0.2) is 27.8 Å². The number of aromatic nitrogens is 4. The van der Waals surface area contributed by atoms with Crippen molar-refractivity contribution in [1.29, 1.82) is 0 Å². The maximum Gasteiger partial charge on any atom is 0.333 e. The van der Waals surface area contributed by atoms with Crippen molar-refractivity contribution in [2.45, 2.75) is 6.54 Å². The van der Waals surface area contributed by atoms with Crippen molar-refractivity contribution in [2.24, 2.45) is 14.1 Å². The summed E-state index contributed by atoms with van der Waals surface area (Å²) in [5.41, 5.74) is 0.179. The fourth-order valence-corrected chi connectivity index (χ4v) is 2.83. The Bertz CT molecular complexity index is 1290. The van der Waals surface area contributed by atoms with Crippen molar-refractivity contribution in [3.05, 3.63) is 50.4 Å². The molecular formula is C20H18N4O4. The molecule has 0 saturated heterocycles. The Morgan fingerprint density at radius 3 is 2.43 bits per heavy atom. The van der Waals surface area contributed by atoms with Gasteiger partial charge in [-0.15, -0.1) is 6.42 Å². The van der Waals surface area contributed by atoms with Crippen molar-refractivity contribution in [2.75, 3.05) is 14.2 Å². The topological polar surface area (TPSA) is 80.3 Å². The van der Waals surface area contributed by atoms with Crippen molar-refractivity contribution in [3.8, 4) is 35.7 Å². The summed E-state index contributed by atoms with van der Waals surface area (Å²) in [5, 5.41) is 0. The third kappa shape index (κ3) is 3.01. The first-order valence-electron chi connectivity index (χ1n) is 8.26. The Morgan fingerprint density at radius 2 is 1.79 bits per heavy atom. The number of methoxy groups -OCH3 is 2. The molecule has 3 aromatic rings. The minimum atomic E-state index is -0.520. The van der Waals surface area contributed by atoms with Gasteiger partial charge in [-0.2, -0.15) is 0 Å². The van der Waals surface area contributed by atoms with E-state index in [9.17, 15) is 9.59 Å². The fourth-order valence-electron chi connectivity index (χ4n) is 2.83. The number of aryl methyl sites for hydroxylation is 2. The van der Waals surface area contributed by atoms with E-state index in [0.29, 0.717) is 22.9 Å². The van der Waals surface area contributed by atoms with Crippen molar-refractivity contribution < 1.29 is 9.47 Å². The van der Waals surface area contributed by atoms with E-state index in [2.05, 4.69) is 22.7 Å². The summed E-state index contributed by atoms with van der Waals surface area (Å²) >= 11 is 0. The maximum absolute atomic E-state index is 12.7. The first kappa shape index (κ1) is 18.9. The second kappa shape index (κ2) is 7.37. The lowest BCUT2D eigenvalue weighted by Crippen LogP contribution is -2.39. The van der Waals surface area contributed by atoms with Gasteiger partial charge in [0.1, 0.15) is 0 Å². The Morgan fingerprint density at radius 1 is 1.07 bits per heavy atom. The van der Waals surface area contributed by atoms with Gasteiger partial charge in [-0.1, -0.05) is 11.8 Å². The maximum atomic E-state index is 12.7. The Labute approximate surface area is 161 Å². The molecule has 0 fully saturated rings. The van der Waals surface area contributed by atoms with Gasteiger partial charge in [0.15, 0.2) is 28.5 Å². The van der Waals surface area contributed by atoms with Crippen LogP contribution < -0.4 is 20.7 Å². The number of rotatable bonds is 3. The SMILES string of the molecule is C#CCn1c(=O)c2c(nc(C#Cc3ccc(OC)c(OC)c3)n2C)n(C)c1=O. The van der Waals surface area contributed by atoms with Gasteiger partial charge >= 0.3 is 5.69 Å². The standard InChI is InChI=1S/C20H18N4O4/c1-6-11-24-19(25)17-18(23(3)20(24)26)21-16(22(17)2)10-8-13-7-9-14(27-4)15(12-13)28-5/h1,7,9,12H,11H2,2-5H3. The molecule has 8 heteroatoms. The zero-order chi connectivity index (χ0) is 20.4. The van der Waals surface area contributed by atoms with Gasteiger partial charge in [-0.05, 0) is 24.1 Å². The lowest BCUT2D eigenvalue weighted by atomic mass is 10.2. The molecular weight excluding hydrogens is 360 g/mol. The van der Waals surface area contributed by atoms with Gasteiger partial charge in [0, 0.05) is 19.7 Å². The number of ether oxygens (including phenoxy) is 2. The molecule has 0 atom stereocenters. The predicted molar refractivity (Wildman–Crippen MR) is 105 cm³/mol. The first-order chi connectivity index (χ1) is 13.4. The normalized spacial score (nSPS) is 10.2. The fraction of sp³-hybridized carbons (Fsp3) is 0.250. The van der Waals surface area contributed by atoms with Crippen LogP contribution in [-0.2, 0) is 20.6 Å². The second-order valence-electron chi connectivity index (χ2n) is 5.92. The molecule has 2 heterocycles. The van der Waals surface area contributed by atoms with Gasteiger partial charge < -0.3 is 14.0 Å². The number of benzene rings is 1. The minimum Gasteiger partial charge on any atom is -0.493 e. The van der Waals surface area contributed by atoms with Gasteiger partial charge in [-0.3, -0.25) is 9.36 Å². The molecule has 28 heavy (non-hydrogen) atoms. The third-order valence-corrected chi connectivity index (χ3v) is 4.31. The molecule has 0 unspecified atom stereocenters. The zero-order valence-electron chi connectivity index (χ0n) is 15.9. The summed E-state index contributed by atoms with van der Waals surface area (Å²) in [6.07, 6.45) is 5.27. The van der Waals surface area contributed by atoms with Crippen molar-refractivity contribution in [3.63, 3.8) is 0 Å². The summed E-state index contributed by atoms with van der Waals surface area (Å²) in [4.78, 5) is 29.4. The molecule has 0 aliphatic carbocycles. The van der Waals surface area contributed by atoms with E-state index >= 15 is 0 Å². The van der Waals surface area contributed by atoms with Crippen LogP contribution in [0.2, 0.25) is 0 Å². The summed E-state index contributed by atoms with van der Waals surface area (Å²) in [6.45, 7) is -0.112. The van der Waals surface area contributed by atoms with Gasteiger partial charge in [0.2, 0.25) is 0 Å². The quantitative estimate of drug-likeness (QED) is 0.620. The Hall–Kier alpha value is -3.91.